The number of hydrogen-bond donors (Lipinski definition) is 2. The lowest BCUT2D eigenvalue weighted by Crippen LogP contribution is -2.18. The van der Waals surface area contributed by atoms with Gasteiger partial charge in [-0.3, -0.25) is 9.82 Å². The zero-order valence-corrected chi connectivity index (χ0v) is 16.1. The number of benzene rings is 2. The molecule has 8 heteroatoms. The Labute approximate surface area is 158 Å². The number of H-pyrrole nitrogens is 1. The van der Waals surface area contributed by atoms with Crippen molar-refractivity contribution in [3.05, 3.63) is 57.0 Å². The van der Waals surface area contributed by atoms with Gasteiger partial charge in [0, 0.05) is 15.4 Å². The second-order valence-electron chi connectivity index (χ2n) is 6.18. The summed E-state index contributed by atoms with van der Waals surface area (Å²) in [6.45, 7) is 0. The third-order valence-electron chi connectivity index (χ3n) is 4.33. The molecule has 0 atom stereocenters. The molecule has 25 heavy (non-hydrogen) atoms. The largest absolute Gasteiger partial charge is 0.283 e. The van der Waals surface area contributed by atoms with E-state index in [0.29, 0.717) is 24.1 Å². The quantitative estimate of drug-likeness (QED) is 0.556. The lowest BCUT2D eigenvalue weighted by Gasteiger charge is -2.14. The van der Waals surface area contributed by atoms with Crippen molar-refractivity contribution < 1.29 is 12.8 Å². The van der Waals surface area contributed by atoms with Gasteiger partial charge >= 0.3 is 0 Å². The van der Waals surface area contributed by atoms with E-state index in [4.69, 9.17) is 0 Å². The lowest BCUT2D eigenvalue weighted by atomic mass is 10.00. The van der Waals surface area contributed by atoms with Gasteiger partial charge in [0.2, 0.25) is 10.0 Å². The van der Waals surface area contributed by atoms with E-state index < -0.39 is 10.0 Å². The predicted octanol–water partition coefficient (Wildman–Crippen LogP) is 3.80. The highest BCUT2D eigenvalue weighted by Gasteiger charge is 2.36. The Morgan fingerprint density at radius 2 is 2.08 bits per heavy atom. The van der Waals surface area contributed by atoms with E-state index in [1.807, 2.05) is 6.07 Å². The fourth-order valence-electron chi connectivity index (χ4n) is 2.83. The Morgan fingerprint density at radius 3 is 2.80 bits per heavy atom. The van der Waals surface area contributed by atoms with Crippen molar-refractivity contribution in [2.24, 2.45) is 0 Å². The molecule has 3 aromatic rings. The molecule has 0 saturated heterocycles. The Hall–Kier alpha value is -1.68. The smallest absolute Gasteiger partial charge is 0.235 e. The first kappa shape index (κ1) is 16.8. The first-order valence-corrected chi connectivity index (χ1v) is 10.5. The zero-order valence-electron chi connectivity index (χ0n) is 13.1. The molecule has 0 aliphatic heterocycles. The highest BCUT2D eigenvalue weighted by molar-refractivity contribution is 14.1. The van der Waals surface area contributed by atoms with E-state index in [0.717, 1.165) is 20.0 Å². The fourth-order valence-corrected chi connectivity index (χ4v) is 4.71. The summed E-state index contributed by atoms with van der Waals surface area (Å²) in [7, 11) is -3.40. The molecule has 130 valence electrons. The maximum absolute atomic E-state index is 14.3. The molecule has 1 heterocycles. The van der Waals surface area contributed by atoms with Gasteiger partial charge in [-0.2, -0.15) is 5.10 Å². The Kier molecular flexibility index (Phi) is 4.19. The van der Waals surface area contributed by atoms with Crippen LogP contribution in [0, 0.1) is 9.39 Å². The number of aromatic amines is 1. The molecule has 1 aliphatic carbocycles. The SMILES string of the molecule is O=S(=O)(Nc1ccc2[nH]ncc2c1Cc1ccc(I)cc1F)C1CC1. The number of nitrogens with one attached hydrogen (secondary N) is 2. The number of hydrogen-bond acceptors (Lipinski definition) is 3. The first-order valence-electron chi connectivity index (χ1n) is 7.84. The molecule has 0 amide bonds. The van der Waals surface area contributed by atoms with Gasteiger partial charge in [0.1, 0.15) is 5.82 Å². The summed E-state index contributed by atoms with van der Waals surface area (Å²) in [5.74, 6) is -0.302. The summed E-state index contributed by atoms with van der Waals surface area (Å²) in [5.41, 5.74) is 2.51. The van der Waals surface area contributed by atoms with Gasteiger partial charge in [-0.15, -0.1) is 0 Å². The van der Waals surface area contributed by atoms with Gasteiger partial charge in [-0.25, -0.2) is 12.8 Å². The molecule has 0 bridgehead atoms. The summed E-state index contributed by atoms with van der Waals surface area (Å²) in [6, 6.07) is 8.53. The summed E-state index contributed by atoms with van der Waals surface area (Å²) >= 11 is 2.06. The molecule has 5 nitrogen and oxygen atoms in total. The van der Waals surface area contributed by atoms with E-state index in [-0.39, 0.29) is 17.5 Å². The molecular formula is C17H15FIN3O2S. The summed E-state index contributed by atoms with van der Waals surface area (Å²) in [5, 5.41) is 7.36. The number of anilines is 1. The zero-order chi connectivity index (χ0) is 17.6. The van der Waals surface area contributed by atoms with Crippen LogP contribution in [-0.4, -0.2) is 23.9 Å². The standard InChI is InChI=1S/C17H15FIN3O2S/c18-15-8-11(19)2-1-10(15)7-13-14-9-20-21-16(14)5-6-17(13)22-25(23,24)12-3-4-12/h1-2,5-6,8-9,12,22H,3-4,7H2,(H,20,21). The number of aromatic nitrogens is 2. The third kappa shape index (κ3) is 3.37. The van der Waals surface area contributed by atoms with Crippen LogP contribution in [-0.2, 0) is 16.4 Å². The molecule has 1 fully saturated rings. The molecule has 1 aromatic heterocycles. The maximum atomic E-state index is 14.3. The molecule has 4 rings (SSSR count). The Morgan fingerprint density at radius 1 is 1.28 bits per heavy atom. The number of nitrogens with zero attached hydrogens (tertiary/aromatic N) is 1. The molecule has 0 spiro atoms. The minimum Gasteiger partial charge on any atom is -0.283 e. The second-order valence-corrected chi connectivity index (χ2v) is 9.39. The van der Waals surface area contributed by atoms with E-state index in [2.05, 4.69) is 37.5 Å². The van der Waals surface area contributed by atoms with Crippen LogP contribution in [0.4, 0.5) is 10.1 Å². The van der Waals surface area contributed by atoms with Crippen LogP contribution in [0.15, 0.2) is 36.5 Å². The number of fused-ring (bicyclic) bond motifs is 1. The van der Waals surface area contributed by atoms with Crippen LogP contribution in [0.2, 0.25) is 0 Å². The van der Waals surface area contributed by atoms with E-state index >= 15 is 0 Å². The predicted molar refractivity (Wildman–Crippen MR) is 104 cm³/mol. The van der Waals surface area contributed by atoms with Crippen molar-refractivity contribution in [2.75, 3.05) is 4.72 Å². The van der Waals surface area contributed by atoms with Crippen LogP contribution in [0.25, 0.3) is 10.9 Å². The van der Waals surface area contributed by atoms with Gasteiger partial charge < -0.3 is 0 Å². The van der Waals surface area contributed by atoms with E-state index in [1.54, 1.807) is 24.4 Å². The maximum Gasteiger partial charge on any atom is 0.235 e. The lowest BCUT2D eigenvalue weighted by molar-refractivity contribution is 0.600. The molecule has 0 radical (unpaired) electrons. The van der Waals surface area contributed by atoms with E-state index in [1.165, 1.54) is 6.07 Å². The molecule has 1 aliphatic rings. The highest BCUT2D eigenvalue weighted by Crippen LogP contribution is 2.33. The molecule has 2 aromatic carbocycles. The first-order chi connectivity index (χ1) is 11.9. The number of sulfonamides is 1. The van der Waals surface area contributed by atoms with Crippen LogP contribution in [0.1, 0.15) is 24.0 Å². The van der Waals surface area contributed by atoms with Crippen molar-refractivity contribution in [3.63, 3.8) is 0 Å². The van der Waals surface area contributed by atoms with Crippen molar-refractivity contribution in [1.82, 2.24) is 10.2 Å². The Balaban J connectivity index is 1.79. The average molecular weight is 471 g/mol. The average Bonchev–Trinajstić information content (AvgIpc) is 3.31. The summed E-state index contributed by atoms with van der Waals surface area (Å²) in [6.07, 6.45) is 3.29. The number of rotatable bonds is 5. The van der Waals surface area contributed by atoms with Gasteiger partial charge in [0.15, 0.2) is 0 Å². The van der Waals surface area contributed by atoms with Gasteiger partial charge in [-0.05, 0) is 70.8 Å². The van der Waals surface area contributed by atoms with Crippen molar-refractivity contribution >= 4 is 49.2 Å². The second kappa shape index (κ2) is 6.24. The molecule has 1 saturated carbocycles. The fraction of sp³-hybridized carbons (Fsp3) is 0.235. The normalized spacial score (nSPS) is 14.8. The van der Waals surface area contributed by atoms with Crippen molar-refractivity contribution in [3.8, 4) is 0 Å². The Bertz CT molecular complexity index is 1060. The summed E-state index contributed by atoms with van der Waals surface area (Å²) < 4.78 is 42.5. The minimum atomic E-state index is -3.40. The van der Waals surface area contributed by atoms with Crippen LogP contribution >= 0.6 is 22.6 Å². The molecular weight excluding hydrogens is 456 g/mol. The highest BCUT2D eigenvalue weighted by atomic mass is 127. The van der Waals surface area contributed by atoms with E-state index in [9.17, 15) is 12.8 Å². The topological polar surface area (TPSA) is 74.8 Å². The van der Waals surface area contributed by atoms with Gasteiger partial charge in [-0.1, -0.05) is 6.07 Å². The third-order valence-corrected chi connectivity index (χ3v) is 6.86. The summed E-state index contributed by atoms with van der Waals surface area (Å²) in [4.78, 5) is 0. The van der Waals surface area contributed by atoms with Crippen molar-refractivity contribution in [2.45, 2.75) is 24.5 Å². The van der Waals surface area contributed by atoms with Crippen LogP contribution in [0.3, 0.4) is 0 Å². The van der Waals surface area contributed by atoms with Crippen LogP contribution < -0.4 is 4.72 Å². The monoisotopic (exact) mass is 471 g/mol. The minimum absolute atomic E-state index is 0.280. The molecule has 2 N–H and O–H groups in total. The van der Waals surface area contributed by atoms with Gasteiger partial charge in [0.25, 0.3) is 0 Å². The van der Waals surface area contributed by atoms with Crippen molar-refractivity contribution in [1.29, 1.82) is 0 Å². The molecule has 0 unspecified atom stereocenters. The number of halogens is 2. The van der Waals surface area contributed by atoms with Crippen LogP contribution in [0.5, 0.6) is 0 Å². The van der Waals surface area contributed by atoms with Gasteiger partial charge in [0.05, 0.1) is 22.7 Å².